The van der Waals surface area contributed by atoms with E-state index in [9.17, 15) is 14.4 Å². The van der Waals surface area contributed by atoms with Crippen molar-refractivity contribution in [2.75, 3.05) is 25.1 Å². The van der Waals surface area contributed by atoms with Crippen LogP contribution in [0.25, 0.3) is 10.9 Å². The number of anilines is 1. The zero-order chi connectivity index (χ0) is 25.2. The van der Waals surface area contributed by atoms with E-state index in [2.05, 4.69) is 20.8 Å². The summed E-state index contributed by atoms with van der Waals surface area (Å²) in [5, 5.41) is 13.8. The normalized spacial score (nSPS) is 16.9. The van der Waals surface area contributed by atoms with Gasteiger partial charge >= 0.3 is 18.0 Å². The molecule has 0 bridgehead atoms. The molecule has 5 rings (SSSR count). The molecule has 1 fully saturated rings. The van der Waals surface area contributed by atoms with Crippen LogP contribution in [0.3, 0.4) is 0 Å². The van der Waals surface area contributed by atoms with Gasteiger partial charge in [-0.1, -0.05) is 24.3 Å². The first-order valence-electron chi connectivity index (χ1n) is 12.2. The van der Waals surface area contributed by atoms with Crippen molar-refractivity contribution in [3.63, 3.8) is 0 Å². The fourth-order valence-corrected chi connectivity index (χ4v) is 5.19. The first-order chi connectivity index (χ1) is 17.4. The van der Waals surface area contributed by atoms with Crippen LogP contribution in [0.2, 0.25) is 0 Å². The number of fused-ring (bicyclic) bond motifs is 2. The van der Waals surface area contributed by atoms with Crippen LogP contribution in [0.4, 0.5) is 15.3 Å². The lowest BCUT2D eigenvalue weighted by molar-refractivity contribution is -0.142. The maximum absolute atomic E-state index is 13.1. The summed E-state index contributed by atoms with van der Waals surface area (Å²) in [5.74, 6) is -0.496. The van der Waals surface area contributed by atoms with Crippen molar-refractivity contribution in [1.29, 1.82) is 0 Å². The molecule has 0 aliphatic carbocycles. The van der Waals surface area contributed by atoms with Crippen molar-refractivity contribution in [2.45, 2.75) is 44.8 Å². The molecule has 0 saturated carbocycles. The van der Waals surface area contributed by atoms with Gasteiger partial charge in [0, 0.05) is 37.5 Å². The summed E-state index contributed by atoms with van der Waals surface area (Å²) < 4.78 is 4.98. The van der Waals surface area contributed by atoms with Gasteiger partial charge in [-0.05, 0) is 48.6 Å². The van der Waals surface area contributed by atoms with Gasteiger partial charge in [-0.2, -0.15) is 5.10 Å². The van der Waals surface area contributed by atoms with Gasteiger partial charge in [0.1, 0.15) is 6.04 Å². The smallest absolute Gasteiger partial charge is 0.328 e. The molecule has 1 saturated heterocycles. The number of aromatic amines is 1. The number of H-pyrrole nitrogens is 1. The lowest BCUT2D eigenvalue weighted by Gasteiger charge is -2.41. The number of amides is 4. The van der Waals surface area contributed by atoms with Crippen molar-refractivity contribution in [3.05, 3.63) is 59.3 Å². The van der Waals surface area contributed by atoms with Crippen LogP contribution in [0.15, 0.2) is 42.6 Å². The van der Waals surface area contributed by atoms with Gasteiger partial charge < -0.3 is 20.3 Å². The molecule has 1 unspecified atom stereocenters. The predicted octanol–water partition coefficient (Wildman–Crippen LogP) is 2.86. The monoisotopic (exact) mass is 490 g/mol. The van der Waals surface area contributed by atoms with Crippen molar-refractivity contribution in [1.82, 2.24) is 25.7 Å². The zero-order valence-corrected chi connectivity index (χ0v) is 20.4. The first kappa shape index (κ1) is 23.7. The number of ether oxygens (including phenoxy) is 1. The Bertz CT molecular complexity index is 1300. The molecule has 4 amide bonds. The van der Waals surface area contributed by atoms with E-state index in [1.807, 2.05) is 48.2 Å². The fraction of sp³-hybridized carbons (Fsp3) is 0.385. The number of esters is 1. The molecular weight excluding hydrogens is 460 g/mol. The molecule has 2 aromatic carbocycles. The van der Waals surface area contributed by atoms with E-state index in [-0.39, 0.29) is 18.1 Å². The van der Waals surface area contributed by atoms with Gasteiger partial charge in [-0.25, -0.2) is 14.4 Å². The van der Waals surface area contributed by atoms with Crippen LogP contribution in [0, 0.1) is 6.92 Å². The molecule has 0 spiro atoms. The molecule has 2 aliphatic heterocycles. The molecule has 1 aromatic heterocycles. The van der Waals surface area contributed by atoms with Crippen LogP contribution in [-0.2, 0) is 22.5 Å². The number of hydrogen-bond donors (Lipinski definition) is 3. The SMILES string of the molecule is COC(=O)C(Cc1cc(C)c2[nH]ncc2c1)NC(=O)N1CCC(N2C(=O)NCc3ccccc32)CC1. The maximum Gasteiger partial charge on any atom is 0.328 e. The van der Waals surface area contributed by atoms with E-state index in [1.54, 1.807) is 11.1 Å². The Labute approximate surface area is 209 Å². The largest absolute Gasteiger partial charge is 0.467 e. The average molecular weight is 491 g/mol. The number of benzene rings is 2. The number of hydrogen-bond acceptors (Lipinski definition) is 5. The number of rotatable bonds is 5. The molecule has 36 heavy (non-hydrogen) atoms. The summed E-state index contributed by atoms with van der Waals surface area (Å²) in [5.41, 5.74) is 4.89. The van der Waals surface area contributed by atoms with Crippen molar-refractivity contribution in [3.8, 4) is 0 Å². The van der Waals surface area contributed by atoms with Gasteiger partial charge in [0.25, 0.3) is 0 Å². The summed E-state index contributed by atoms with van der Waals surface area (Å²) in [6.45, 7) is 3.46. The number of aromatic nitrogens is 2. The number of carbonyl (C=O) groups is 3. The Morgan fingerprint density at radius 2 is 2.00 bits per heavy atom. The Balaban J connectivity index is 1.24. The third kappa shape index (κ3) is 4.58. The highest BCUT2D eigenvalue weighted by Crippen LogP contribution is 2.30. The van der Waals surface area contributed by atoms with E-state index in [0.29, 0.717) is 38.9 Å². The van der Waals surface area contributed by atoms with E-state index in [1.165, 1.54) is 7.11 Å². The average Bonchev–Trinajstić information content (AvgIpc) is 3.37. The number of methoxy groups -OCH3 is 1. The molecular formula is C26H30N6O4. The first-order valence-corrected chi connectivity index (χ1v) is 12.2. The third-order valence-electron chi connectivity index (χ3n) is 7.05. The van der Waals surface area contributed by atoms with E-state index in [0.717, 1.165) is 33.3 Å². The van der Waals surface area contributed by atoms with Gasteiger partial charge in [-0.15, -0.1) is 0 Å². The fourth-order valence-electron chi connectivity index (χ4n) is 5.19. The second-order valence-corrected chi connectivity index (χ2v) is 9.35. The van der Waals surface area contributed by atoms with Crippen molar-refractivity contribution < 1.29 is 19.1 Å². The molecule has 0 radical (unpaired) electrons. The van der Waals surface area contributed by atoms with Crippen molar-refractivity contribution in [2.24, 2.45) is 0 Å². The number of aryl methyl sites for hydroxylation is 1. The highest BCUT2D eigenvalue weighted by atomic mass is 16.5. The number of piperidine rings is 1. The van der Waals surface area contributed by atoms with Gasteiger partial charge in [-0.3, -0.25) is 10.00 Å². The number of likely N-dealkylation sites (tertiary alicyclic amines) is 1. The number of urea groups is 2. The Hall–Kier alpha value is -4.08. The van der Waals surface area contributed by atoms with E-state index >= 15 is 0 Å². The molecule has 2 aliphatic rings. The minimum absolute atomic E-state index is 0.00318. The molecule has 10 nitrogen and oxygen atoms in total. The quantitative estimate of drug-likeness (QED) is 0.475. The Morgan fingerprint density at radius 3 is 2.78 bits per heavy atom. The maximum atomic E-state index is 13.1. The lowest BCUT2D eigenvalue weighted by Crippen LogP contribution is -2.56. The van der Waals surface area contributed by atoms with Crippen LogP contribution in [-0.4, -0.2) is 65.4 Å². The number of para-hydroxylation sites is 1. The third-order valence-corrected chi connectivity index (χ3v) is 7.05. The van der Waals surface area contributed by atoms with Crippen LogP contribution < -0.4 is 15.5 Å². The van der Waals surface area contributed by atoms with Crippen molar-refractivity contribution >= 4 is 34.6 Å². The minimum atomic E-state index is -0.816. The Kier molecular flexibility index (Phi) is 6.49. The molecule has 3 aromatic rings. The summed E-state index contributed by atoms with van der Waals surface area (Å²) in [7, 11) is 1.32. The second kappa shape index (κ2) is 9.88. The van der Waals surface area contributed by atoms with Gasteiger partial charge in [0.05, 0.1) is 24.5 Å². The molecule has 10 heteroatoms. The summed E-state index contributed by atoms with van der Waals surface area (Å²) in [6.07, 6.45) is 3.34. The topological polar surface area (TPSA) is 120 Å². The number of nitrogens with one attached hydrogen (secondary N) is 3. The summed E-state index contributed by atoms with van der Waals surface area (Å²) >= 11 is 0. The van der Waals surface area contributed by atoms with Gasteiger partial charge in [0.15, 0.2) is 0 Å². The highest BCUT2D eigenvalue weighted by Gasteiger charge is 2.34. The molecule has 3 heterocycles. The summed E-state index contributed by atoms with van der Waals surface area (Å²) in [4.78, 5) is 41.8. The van der Waals surface area contributed by atoms with Gasteiger partial charge in [0.2, 0.25) is 0 Å². The summed E-state index contributed by atoms with van der Waals surface area (Å²) in [6, 6.07) is 10.6. The second-order valence-electron chi connectivity index (χ2n) is 9.35. The predicted molar refractivity (Wildman–Crippen MR) is 135 cm³/mol. The minimum Gasteiger partial charge on any atom is -0.467 e. The lowest BCUT2D eigenvalue weighted by atomic mass is 10.00. The highest BCUT2D eigenvalue weighted by molar-refractivity contribution is 5.95. The Morgan fingerprint density at radius 1 is 1.22 bits per heavy atom. The van der Waals surface area contributed by atoms with E-state index < -0.39 is 12.0 Å². The number of carbonyl (C=O) groups excluding carboxylic acids is 3. The van der Waals surface area contributed by atoms with Crippen LogP contribution >= 0.6 is 0 Å². The van der Waals surface area contributed by atoms with E-state index in [4.69, 9.17) is 4.74 Å². The molecule has 3 N–H and O–H groups in total. The zero-order valence-electron chi connectivity index (χ0n) is 20.4. The van der Waals surface area contributed by atoms with Crippen LogP contribution in [0.5, 0.6) is 0 Å². The molecule has 188 valence electrons. The standard InChI is InChI=1S/C26H30N6O4/c1-16-11-17(12-19-15-28-30-23(16)19)13-21(24(33)36-2)29-26(35)31-9-7-20(8-10-31)32-22-6-4-3-5-18(22)14-27-25(32)34/h3-6,11-12,15,20-21H,7-10,13-14H2,1-2H3,(H,27,34)(H,28,30)(H,29,35). The molecule has 1 atom stereocenters. The number of nitrogens with zero attached hydrogens (tertiary/aromatic N) is 3. The van der Waals surface area contributed by atoms with Crippen LogP contribution in [0.1, 0.15) is 29.5 Å².